The van der Waals surface area contributed by atoms with Gasteiger partial charge in [0.25, 0.3) is 0 Å². The summed E-state index contributed by atoms with van der Waals surface area (Å²) in [5, 5.41) is 18.6. The molecule has 0 aliphatic carbocycles. The van der Waals surface area contributed by atoms with Crippen LogP contribution in [-0.2, 0) is 4.74 Å². The fraction of sp³-hybridized carbons (Fsp3) is 0.538. The number of aliphatic hydroxyl groups excluding tert-OH is 1. The van der Waals surface area contributed by atoms with Crippen LogP contribution in [0.3, 0.4) is 0 Å². The van der Waals surface area contributed by atoms with Crippen LogP contribution in [0.1, 0.15) is 13.3 Å². The van der Waals surface area contributed by atoms with Crippen LogP contribution in [0.25, 0.3) is 10.2 Å². The lowest BCUT2D eigenvalue weighted by atomic mass is 10.2. The van der Waals surface area contributed by atoms with Gasteiger partial charge in [0, 0.05) is 20.3 Å². The van der Waals surface area contributed by atoms with E-state index in [0.717, 1.165) is 22.6 Å². The number of hydrogen-bond donors (Lipinski definition) is 3. The highest BCUT2D eigenvalue weighted by molar-refractivity contribution is 7.16. The lowest BCUT2D eigenvalue weighted by Gasteiger charge is -2.18. The van der Waals surface area contributed by atoms with Crippen LogP contribution in [0, 0.1) is 0 Å². The average Bonchev–Trinajstić information content (AvgIpc) is 2.88. The second-order valence-electron chi connectivity index (χ2n) is 4.37. The molecule has 0 spiro atoms. The number of anilines is 2. The van der Waals surface area contributed by atoms with Crippen molar-refractivity contribution in [3.05, 3.63) is 11.4 Å². The molecule has 2 rings (SSSR count). The molecular weight excluding hydrogens is 276 g/mol. The molecule has 20 heavy (non-hydrogen) atoms. The van der Waals surface area contributed by atoms with Crippen LogP contribution in [-0.4, -0.2) is 48.0 Å². The van der Waals surface area contributed by atoms with Crippen molar-refractivity contribution in [2.75, 3.05) is 37.5 Å². The highest BCUT2D eigenvalue weighted by atomic mass is 32.1. The van der Waals surface area contributed by atoms with E-state index in [-0.39, 0.29) is 12.6 Å². The Morgan fingerprint density at radius 2 is 2.30 bits per heavy atom. The van der Waals surface area contributed by atoms with Gasteiger partial charge in [0.15, 0.2) is 0 Å². The molecule has 0 aliphatic heterocycles. The molecule has 0 amide bonds. The highest BCUT2D eigenvalue weighted by Gasteiger charge is 2.13. The van der Waals surface area contributed by atoms with Gasteiger partial charge < -0.3 is 20.5 Å². The fourth-order valence-electron chi connectivity index (χ4n) is 1.95. The third-order valence-electron chi connectivity index (χ3n) is 2.85. The van der Waals surface area contributed by atoms with Gasteiger partial charge in [-0.3, -0.25) is 0 Å². The van der Waals surface area contributed by atoms with Crippen molar-refractivity contribution >= 4 is 33.3 Å². The summed E-state index contributed by atoms with van der Waals surface area (Å²) < 4.78 is 5.17. The molecule has 3 N–H and O–H groups in total. The van der Waals surface area contributed by atoms with E-state index in [9.17, 15) is 0 Å². The Balaban J connectivity index is 2.28. The highest BCUT2D eigenvalue weighted by Crippen LogP contribution is 2.27. The van der Waals surface area contributed by atoms with Gasteiger partial charge in [-0.15, -0.1) is 11.3 Å². The van der Waals surface area contributed by atoms with Crippen LogP contribution in [0.5, 0.6) is 0 Å². The van der Waals surface area contributed by atoms with Crippen LogP contribution < -0.4 is 10.6 Å². The predicted octanol–water partition coefficient (Wildman–Crippen LogP) is 1.93. The van der Waals surface area contributed by atoms with Gasteiger partial charge in [-0.1, -0.05) is 0 Å². The molecule has 0 radical (unpaired) electrons. The summed E-state index contributed by atoms with van der Waals surface area (Å²) in [6.45, 7) is 3.41. The molecule has 2 aromatic rings. The van der Waals surface area contributed by atoms with Crippen LogP contribution >= 0.6 is 11.3 Å². The van der Waals surface area contributed by atoms with Crippen molar-refractivity contribution in [1.82, 2.24) is 9.97 Å². The maximum absolute atomic E-state index is 9.11. The first-order chi connectivity index (χ1) is 9.78. The van der Waals surface area contributed by atoms with E-state index in [1.54, 1.807) is 18.4 Å². The molecule has 0 aromatic carbocycles. The number of nitrogens with one attached hydrogen (secondary N) is 2. The quantitative estimate of drug-likeness (QED) is 0.691. The van der Waals surface area contributed by atoms with Crippen molar-refractivity contribution in [2.45, 2.75) is 19.4 Å². The summed E-state index contributed by atoms with van der Waals surface area (Å²) in [4.78, 5) is 9.91. The summed E-state index contributed by atoms with van der Waals surface area (Å²) in [5.74, 6) is 1.40. The van der Waals surface area contributed by atoms with E-state index < -0.39 is 0 Å². The molecule has 2 heterocycles. The Labute approximate surface area is 122 Å². The Morgan fingerprint density at radius 3 is 3.00 bits per heavy atom. The molecule has 1 unspecified atom stereocenters. The summed E-state index contributed by atoms with van der Waals surface area (Å²) in [7, 11) is 1.65. The maximum atomic E-state index is 9.11. The molecule has 0 bridgehead atoms. The SMILES string of the molecule is CCNc1nc(NC(CCO)COC)c2ccsc2n1. The molecule has 7 heteroatoms. The van der Waals surface area contributed by atoms with Crippen molar-refractivity contribution in [3.63, 3.8) is 0 Å². The first-order valence-corrected chi connectivity index (χ1v) is 7.51. The molecular formula is C13H20N4O2S. The number of thiophene rings is 1. The topological polar surface area (TPSA) is 79.3 Å². The Morgan fingerprint density at radius 1 is 1.45 bits per heavy atom. The van der Waals surface area contributed by atoms with Gasteiger partial charge in [-0.05, 0) is 24.8 Å². The number of fused-ring (bicyclic) bond motifs is 1. The van der Waals surface area contributed by atoms with Crippen molar-refractivity contribution in [2.24, 2.45) is 0 Å². The monoisotopic (exact) mass is 296 g/mol. The van der Waals surface area contributed by atoms with Crippen molar-refractivity contribution < 1.29 is 9.84 Å². The Kier molecular flexibility index (Phi) is 5.51. The average molecular weight is 296 g/mol. The fourth-order valence-corrected chi connectivity index (χ4v) is 2.71. The minimum absolute atomic E-state index is 0.0254. The molecule has 0 saturated carbocycles. The number of hydrogen-bond acceptors (Lipinski definition) is 7. The largest absolute Gasteiger partial charge is 0.396 e. The maximum Gasteiger partial charge on any atom is 0.226 e. The van der Waals surface area contributed by atoms with Gasteiger partial charge in [0.2, 0.25) is 5.95 Å². The zero-order chi connectivity index (χ0) is 14.4. The van der Waals surface area contributed by atoms with E-state index in [1.807, 2.05) is 18.4 Å². The molecule has 1 atom stereocenters. The molecule has 0 saturated heterocycles. The summed E-state index contributed by atoms with van der Waals surface area (Å²) in [5.41, 5.74) is 0. The molecule has 0 aliphatic rings. The molecule has 6 nitrogen and oxygen atoms in total. The van der Waals surface area contributed by atoms with Crippen LogP contribution in [0.4, 0.5) is 11.8 Å². The molecule has 0 fully saturated rings. The van der Waals surface area contributed by atoms with E-state index >= 15 is 0 Å². The number of aromatic nitrogens is 2. The van der Waals surface area contributed by atoms with E-state index in [2.05, 4.69) is 20.6 Å². The first-order valence-electron chi connectivity index (χ1n) is 6.64. The van der Waals surface area contributed by atoms with E-state index in [4.69, 9.17) is 9.84 Å². The second-order valence-corrected chi connectivity index (χ2v) is 5.27. The zero-order valence-corrected chi connectivity index (χ0v) is 12.5. The zero-order valence-electron chi connectivity index (χ0n) is 11.7. The van der Waals surface area contributed by atoms with E-state index in [0.29, 0.717) is 19.0 Å². The third kappa shape index (κ3) is 3.56. The number of rotatable bonds is 8. The number of aliphatic hydroxyl groups is 1. The summed E-state index contributed by atoms with van der Waals surface area (Å²) in [6, 6.07) is 2.03. The van der Waals surface area contributed by atoms with Crippen LogP contribution in [0.2, 0.25) is 0 Å². The van der Waals surface area contributed by atoms with Crippen molar-refractivity contribution in [3.8, 4) is 0 Å². The predicted molar refractivity (Wildman–Crippen MR) is 82.6 cm³/mol. The van der Waals surface area contributed by atoms with Gasteiger partial charge in [0.1, 0.15) is 10.6 Å². The van der Waals surface area contributed by atoms with Gasteiger partial charge in [-0.2, -0.15) is 4.98 Å². The standard InChI is InChI=1S/C13H20N4O2S/c1-3-14-13-16-11(10-5-7-20-12(10)17-13)15-9(4-6-18)8-19-2/h5,7,9,18H,3-4,6,8H2,1-2H3,(H2,14,15,16,17). The van der Waals surface area contributed by atoms with Crippen LogP contribution in [0.15, 0.2) is 11.4 Å². The lowest BCUT2D eigenvalue weighted by Crippen LogP contribution is -2.27. The summed E-state index contributed by atoms with van der Waals surface area (Å²) in [6.07, 6.45) is 0.611. The number of nitrogens with zero attached hydrogens (tertiary/aromatic N) is 2. The summed E-state index contributed by atoms with van der Waals surface area (Å²) >= 11 is 1.58. The lowest BCUT2D eigenvalue weighted by molar-refractivity contribution is 0.170. The Bertz CT molecular complexity index is 540. The first kappa shape index (κ1) is 15.0. The van der Waals surface area contributed by atoms with Crippen molar-refractivity contribution in [1.29, 1.82) is 0 Å². The number of methoxy groups -OCH3 is 1. The number of ether oxygens (including phenoxy) is 1. The van der Waals surface area contributed by atoms with Gasteiger partial charge in [0.05, 0.1) is 18.0 Å². The molecule has 110 valence electrons. The minimum Gasteiger partial charge on any atom is -0.396 e. The van der Waals surface area contributed by atoms with E-state index in [1.165, 1.54) is 0 Å². The Hall–Kier alpha value is -1.44. The molecule has 2 aromatic heterocycles. The normalized spacial score (nSPS) is 12.6. The smallest absolute Gasteiger partial charge is 0.226 e. The van der Waals surface area contributed by atoms with Gasteiger partial charge in [-0.25, -0.2) is 4.98 Å². The van der Waals surface area contributed by atoms with Gasteiger partial charge >= 0.3 is 0 Å². The minimum atomic E-state index is 0.0254. The second kappa shape index (κ2) is 7.37. The third-order valence-corrected chi connectivity index (χ3v) is 3.65.